The number of hydrogen-bond donors (Lipinski definition) is 2. The van der Waals surface area contributed by atoms with Gasteiger partial charge in [-0.2, -0.15) is 0 Å². The van der Waals surface area contributed by atoms with Gasteiger partial charge in [-0.25, -0.2) is 0 Å². The highest BCUT2D eigenvalue weighted by molar-refractivity contribution is 5.52. The molecule has 1 aromatic heterocycles. The standard InChI is InChI=1S/C14H18N2O2.C7H15N/c17-8-7-16-11-4-5-12(16)10-14(18,9-11)13-3-1-2-6-15-13;1-8-7-5-3-2-4-6-7/h1-3,6,8,11-12,18H,4-5,7,9-10H2;7-8H,2-6H2,1H3. The maximum atomic E-state index is 10.8. The Morgan fingerprint density at radius 2 is 1.88 bits per heavy atom. The zero-order valence-corrected chi connectivity index (χ0v) is 15.9. The van der Waals surface area contributed by atoms with Gasteiger partial charge in [-0.1, -0.05) is 25.3 Å². The van der Waals surface area contributed by atoms with E-state index in [0.717, 1.165) is 30.9 Å². The molecule has 5 heteroatoms. The molecule has 26 heavy (non-hydrogen) atoms. The first-order chi connectivity index (χ1) is 12.7. The summed E-state index contributed by atoms with van der Waals surface area (Å²) in [5.41, 5.74) is -0.0420. The molecule has 2 aliphatic heterocycles. The summed E-state index contributed by atoms with van der Waals surface area (Å²) in [5.74, 6) is 0. The van der Waals surface area contributed by atoms with Crippen LogP contribution in [-0.4, -0.2) is 53.0 Å². The van der Waals surface area contributed by atoms with Crippen molar-refractivity contribution < 1.29 is 9.90 Å². The molecule has 3 aliphatic rings. The molecule has 0 radical (unpaired) electrons. The van der Waals surface area contributed by atoms with E-state index >= 15 is 0 Å². The third kappa shape index (κ3) is 4.51. The second-order valence-electron chi connectivity index (χ2n) is 8.03. The number of piperidine rings is 1. The average Bonchev–Trinajstić information content (AvgIpc) is 2.94. The maximum Gasteiger partial charge on any atom is 0.134 e. The number of rotatable bonds is 4. The van der Waals surface area contributed by atoms with Gasteiger partial charge in [0, 0.05) is 24.3 Å². The fraction of sp³-hybridized carbons (Fsp3) is 0.714. The van der Waals surface area contributed by atoms with Crippen LogP contribution in [0.1, 0.15) is 63.5 Å². The molecule has 0 aromatic carbocycles. The minimum absolute atomic E-state index is 0.320. The molecule has 1 aliphatic carbocycles. The minimum atomic E-state index is -0.813. The third-order valence-corrected chi connectivity index (χ3v) is 6.36. The largest absolute Gasteiger partial charge is 0.383 e. The fourth-order valence-electron chi connectivity index (χ4n) is 4.94. The Labute approximate surface area is 157 Å². The van der Waals surface area contributed by atoms with Crippen LogP contribution in [0.25, 0.3) is 0 Å². The lowest BCUT2D eigenvalue weighted by Crippen LogP contribution is -2.50. The highest BCUT2D eigenvalue weighted by atomic mass is 16.3. The minimum Gasteiger partial charge on any atom is -0.383 e. The molecule has 2 unspecified atom stereocenters. The van der Waals surface area contributed by atoms with Crippen molar-refractivity contribution in [3.8, 4) is 0 Å². The second kappa shape index (κ2) is 9.07. The van der Waals surface area contributed by atoms with Gasteiger partial charge < -0.3 is 15.2 Å². The first-order valence-corrected chi connectivity index (χ1v) is 10.2. The van der Waals surface area contributed by atoms with Gasteiger partial charge in [-0.3, -0.25) is 9.88 Å². The molecule has 3 fully saturated rings. The lowest BCUT2D eigenvalue weighted by molar-refractivity contribution is -0.112. The van der Waals surface area contributed by atoms with E-state index in [4.69, 9.17) is 0 Å². The predicted octanol–water partition coefficient (Wildman–Crippen LogP) is 2.63. The van der Waals surface area contributed by atoms with E-state index in [9.17, 15) is 9.90 Å². The van der Waals surface area contributed by atoms with Crippen LogP contribution in [0.2, 0.25) is 0 Å². The Balaban J connectivity index is 0.000000206. The molecule has 3 heterocycles. The summed E-state index contributed by atoms with van der Waals surface area (Å²) in [4.78, 5) is 17.3. The Morgan fingerprint density at radius 1 is 1.19 bits per heavy atom. The molecular formula is C21H33N3O2. The molecule has 2 saturated heterocycles. The molecular weight excluding hydrogens is 326 g/mol. The van der Waals surface area contributed by atoms with Gasteiger partial charge in [0.15, 0.2) is 0 Å². The van der Waals surface area contributed by atoms with E-state index in [1.807, 2.05) is 18.2 Å². The van der Waals surface area contributed by atoms with Crippen molar-refractivity contribution in [2.75, 3.05) is 13.6 Å². The zero-order chi connectivity index (χ0) is 18.4. The summed E-state index contributed by atoms with van der Waals surface area (Å²) in [6, 6.07) is 7.16. The number of nitrogens with one attached hydrogen (secondary N) is 1. The van der Waals surface area contributed by atoms with Gasteiger partial charge in [-0.05, 0) is 57.7 Å². The van der Waals surface area contributed by atoms with Crippen molar-refractivity contribution in [1.29, 1.82) is 0 Å². The van der Waals surface area contributed by atoms with Gasteiger partial charge in [0.05, 0.1) is 12.2 Å². The Hall–Kier alpha value is -1.30. The van der Waals surface area contributed by atoms with Crippen molar-refractivity contribution in [2.24, 2.45) is 0 Å². The number of aldehydes is 1. The number of hydrogen-bond acceptors (Lipinski definition) is 5. The SMILES string of the molecule is CNC1CCCCC1.O=CCN1C2CCC1CC(O)(c1ccccn1)C2. The van der Waals surface area contributed by atoms with Crippen molar-refractivity contribution in [1.82, 2.24) is 15.2 Å². The zero-order valence-electron chi connectivity index (χ0n) is 15.9. The van der Waals surface area contributed by atoms with E-state index in [-0.39, 0.29) is 0 Å². The highest BCUT2D eigenvalue weighted by Crippen LogP contribution is 2.44. The molecule has 1 aromatic rings. The van der Waals surface area contributed by atoms with Crippen LogP contribution in [0.3, 0.4) is 0 Å². The van der Waals surface area contributed by atoms with Gasteiger partial charge >= 0.3 is 0 Å². The number of carbonyl (C=O) groups excluding carboxylic acids is 1. The van der Waals surface area contributed by atoms with Crippen LogP contribution < -0.4 is 5.32 Å². The van der Waals surface area contributed by atoms with Crippen molar-refractivity contribution >= 4 is 6.29 Å². The van der Waals surface area contributed by atoms with E-state index in [1.165, 1.54) is 32.1 Å². The predicted molar refractivity (Wildman–Crippen MR) is 103 cm³/mol. The number of pyridine rings is 1. The van der Waals surface area contributed by atoms with Crippen LogP contribution in [0.5, 0.6) is 0 Å². The number of aliphatic hydroxyl groups is 1. The van der Waals surface area contributed by atoms with E-state index in [2.05, 4.69) is 22.2 Å². The van der Waals surface area contributed by atoms with Crippen molar-refractivity contribution in [3.05, 3.63) is 30.1 Å². The van der Waals surface area contributed by atoms with E-state index in [1.54, 1.807) is 6.20 Å². The van der Waals surface area contributed by atoms with Gasteiger partial charge in [0.1, 0.15) is 11.9 Å². The number of fused-ring (bicyclic) bond motifs is 2. The Bertz CT molecular complexity index is 546. The van der Waals surface area contributed by atoms with E-state index in [0.29, 0.717) is 31.5 Å². The van der Waals surface area contributed by atoms with E-state index < -0.39 is 5.60 Å². The number of carbonyl (C=O) groups is 1. The normalized spacial score (nSPS) is 31.9. The molecule has 5 nitrogen and oxygen atoms in total. The molecule has 2 bridgehead atoms. The summed E-state index contributed by atoms with van der Waals surface area (Å²) < 4.78 is 0. The first-order valence-electron chi connectivity index (χ1n) is 10.2. The van der Waals surface area contributed by atoms with Crippen LogP contribution in [0.15, 0.2) is 24.4 Å². The van der Waals surface area contributed by atoms with Crippen molar-refractivity contribution in [3.63, 3.8) is 0 Å². The molecule has 144 valence electrons. The van der Waals surface area contributed by atoms with Crippen molar-refractivity contribution in [2.45, 2.75) is 81.5 Å². The molecule has 0 spiro atoms. The Morgan fingerprint density at radius 3 is 2.38 bits per heavy atom. The van der Waals surface area contributed by atoms with Gasteiger partial charge in [0.25, 0.3) is 0 Å². The van der Waals surface area contributed by atoms with Crippen LogP contribution >= 0.6 is 0 Å². The maximum absolute atomic E-state index is 10.8. The summed E-state index contributed by atoms with van der Waals surface area (Å²) in [5, 5.41) is 14.1. The summed E-state index contributed by atoms with van der Waals surface area (Å²) in [6.07, 6.45) is 13.4. The lowest BCUT2D eigenvalue weighted by Gasteiger charge is -2.42. The van der Waals surface area contributed by atoms with Gasteiger partial charge in [0.2, 0.25) is 0 Å². The first kappa shape index (κ1) is 19.5. The molecule has 0 amide bonds. The number of nitrogens with zero attached hydrogens (tertiary/aromatic N) is 2. The molecule has 1 saturated carbocycles. The lowest BCUT2D eigenvalue weighted by atomic mass is 9.83. The second-order valence-corrected chi connectivity index (χ2v) is 8.03. The van der Waals surface area contributed by atoms with Crippen LogP contribution in [0, 0.1) is 0 Å². The quantitative estimate of drug-likeness (QED) is 0.809. The molecule has 4 rings (SSSR count). The summed E-state index contributed by atoms with van der Waals surface area (Å²) in [6.45, 7) is 0.494. The summed E-state index contributed by atoms with van der Waals surface area (Å²) in [7, 11) is 2.07. The fourth-order valence-corrected chi connectivity index (χ4v) is 4.94. The van der Waals surface area contributed by atoms with Crippen LogP contribution in [0.4, 0.5) is 0 Å². The monoisotopic (exact) mass is 359 g/mol. The number of aromatic nitrogens is 1. The molecule has 2 N–H and O–H groups in total. The van der Waals surface area contributed by atoms with Gasteiger partial charge in [-0.15, -0.1) is 0 Å². The highest BCUT2D eigenvalue weighted by Gasteiger charge is 2.48. The molecule has 2 atom stereocenters. The van der Waals surface area contributed by atoms with Crippen LogP contribution in [-0.2, 0) is 10.4 Å². The summed E-state index contributed by atoms with van der Waals surface area (Å²) >= 11 is 0. The average molecular weight is 360 g/mol. The smallest absolute Gasteiger partial charge is 0.134 e. The Kier molecular flexibility index (Phi) is 6.79. The third-order valence-electron chi connectivity index (χ3n) is 6.36. The topological polar surface area (TPSA) is 65.5 Å².